The molecule has 0 aliphatic carbocycles. The van der Waals surface area contributed by atoms with Gasteiger partial charge in [-0.05, 0) is 18.2 Å². The van der Waals surface area contributed by atoms with Gasteiger partial charge in [0.05, 0.1) is 17.2 Å². The van der Waals surface area contributed by atoms with Crippen LogP contribution in [0.1, 0.15) is 17.5 Å². The van der Waals surface area contributed by atoms with Gasteiger partial charge in [0, 0.05) is 12.0 Å². The van der Waals surface area contributed by atoms with E-state index in [1.807, 2.05) is 6.07 Å². The predicted octanol–water partition coefficient (Wildman–Crippen LogP) is 1.95. The van der Waals surface area contributed by atoms with Gasteiger partial charge in [0.15, 0.2) is 0 Å². The molecule has 0 atom stereocenters. The van der Waals surface area contributed by atoms with Gasteiger partial charge in [-0.2, -0.15) is 5.26 Å². The molecule has 1 N–H and O–H groups in total. The van der Waals surface area contributed by atoms with Crippen LogP contribution in [0.5, 0.6) is 0 Å². The zero-order chi connectivity index (χ0) is 10.4. The van der Waals surface area contributed by atoms with E-state index in [1.54, 1.807) is 18.2 Å². The molecular formula is C11H8ClNO. The van der Waals surface area contributed by atoms with Crippen LogP contribution in [0.3, 0.4) is 0 Å². The minimum Gasteiger partial charge on any atom is -0.395 e. The number of nitrogens with zero attached hydrogens (tertiary/aromatic N) is 1. The van der Waals surface area contributed by atoms with Gasteiger partial charge in [-0.15, -0.1) is 0 Å². The van der Waals surface area contributed by atoms with Crippen molar-refractivity contribution in [2.45, 2.75) is 6.42 Å². The number of benzene rings is 1. The summed E-state index contributed by atoms with van der Waals surface area (Å²) in [7, 11) is 0. The Bertz CT molecular complexity index is 423. The average molecular weight is 206 g/mol. The van der Waals surface area contributed by atoms with Crippen LogP contribution in [0, 0.1) is 23.2 Å². The van der Waals surface area contributed by atoms with Crippen LogP contribution in [0.25, 0.3) is 0 Å². The van der Waals surface area contributed by atoms with Crippen molar-refractivity contribution in [3.8, 4) is 17.9 Å². The van der Waals surface area contributed by atoms with Crippen LogP contribution in [0.4, 0.5) is 0 Å². The van der Waals surface area contributed by atoms with Gasteiger partial charge in [-0.25, -0.2) is 0 Å². The van der Waals surface area contributed by atoms with Gasteiger partial charge in [0.25, 0.3) is 0 Å². The first-order chi connectivity index (χ1) is 6.77. The summed E-state index contributed by atoms with van der Waals surface area (Å²) in [4.78, 5) is 0. The second-order valence-electron chi connectivity index (χ2n) is 2.58. The van der Waals surface area contributed by atoms with Gasteiger partial charge in [0.1, 0.15) is 6.07 Å². The fourth-order valence-electron chi connectivity index (χ4n) is 0.904. The molecule has 1 aromatic rings. The Balaban J connectivity index is 2.89. The van der Waals surface area contributed by atoms with Crippen LogP contribution in [0.15, 0.2) is 18.2 Å². The highest BCUT2D eigenvalue weighted by molar-refractivity contribution is 6.31. The van der Waals surface area contributed by atoms with Crippen molar-refractivity contribution < 1.29 is 5.11 Å². The minimum atomic E-state index is 0.0526. The summed E-state index contributed by atoms with van der Waals surface area (Å²) >= 11 is 5.80. The van der Waals surface area contributed by atoms with Crippen molar-refractivity contribution in [1.29, 1.82) is 5.26 Å². The summed E-state index contributed by atoms with van der Waals surface area (Å²) in [5.74, 6) is 5.61. The van der Waals surface area contributed by atoms with Crippen LogP contribution in [-0.2, 0) is 0 Å². The lowest BCUT2D eigenvalue weighted by Gasteiger charge is -1.94. The summed E-state index contributed by atoms with van der Waals surface area (Å²) in [5, 5.41) is 17.5. The van der Waals surface area contributed by atoms with E-state index in [2.05, 4.69) is 11.8 Å². The minimum absolute atomic E-state index is 0.0526. The third-order valence-corrected chi connectivity index (χ3v) is 1.87. The first-order valence-corrected chi connectivity index (χ1v) is 4.45. The molecule has 0 heterocycles. The summed E-state index contributed by atoms with van der Waals surface area (Å²) in [6.45, 7) is 0.0526. The lowest BCUT2D eigenvalue weighted by atomic mass is 10.1. The fourth-order valence-corrected chi connectivity index (χ4v) is 1.13. The maximum absolute atomic E-state index is 8.62. The van der Waals surface area contributed by atoms with E-state index in [0.29, 0.717) is 17.0 Å². The van der Waals surface area contributed by atoms with Gasteiger partial charge >= 0.3 is 0 Å². The number of aliphatic hydroxyl groups excluding tert-OH is 1. The second kappa shape index (κ2) is 5.29. The summed E-state index contributed by atoms with van der Waals surface area (Å²) in [5.41, 5.74) is 1.20. The Morgan fingerprint density at radius 3 is 2.79 bits per heavy atom. The van der Waals surface area contributed by atoms with Gasteiger partial charge in [-0.1, -0.05) is 23.4 Å². The zero-order valence-electron chi connectivity index (χ0n) is 7.42. The van der Waals surface area contributed by atoms with E-state index < -0.39 is 0 Å². The molecule has 0 saturated heterocycles. The van der Waals surface area contributed by atoms with Gasteiger partial charge in [-0.3, -0.25) is 0 Å². The van der Waals surface area contributed by atoms with Crippen LogP contribution < -0.4 is 0 Å². The van der Waals surface area contributed by atoms with E-state index >= 15 is 0 Å². The van der Waals surface area contributed by atoms with Crippen molar-refractivity contribution in [2.24, 2.45) is 0 Å². The number of nitriles is 1. The summed E-state index contributed by atoms with van der Waals surface area (Å²) < 4.78 is 0. The maximum atomic E-state index is 8.62. The summed E-state index contributed by atoms with van der Waals surface area (Å²) in [6.07, 6.45) is 0.442. The second-order valence-corrected chi connectivity index (χ2v) is 2.99. The molecule has 0 amide bonds. The highest BCUT2D eigenvalue weighted by Gasteiger charge is 1.98. The molecule has 0 aliphatic rings. The molecule has 0 unspecified atom stereocenters. The van der Waals surface area contributed by atoms with E-state index in [9.17, 15) is 0 Å². The topological polar surface area (TPSA) is 44.0 Å². The fraction of sp³-hybridized carbons (Fsp3) is 0.182. The van der Waals surface area contributed by atoms with Crippen molar-refractivity contribution >= 4 is 11.6 Å². The third-order valence-electron chi connectivity index (χ3n) is 1.56. The van der Waals surface area contributed by atoms with E-state index in [-0.39, 0.29) is 6.61 Å². The number of halogens is 1. The van der Waals surface area contributed by atoms with E-state index in [0.717, 1.165) is 5.56 Å². The SMILES string of the molecule is N#Cc1ccc(C#CCCO)cc1Cl. The largest absolute Gasteiger partial charge is 0.395 e. The van der Waals surface area contributed by atoms with Crippen molar-refractivity contribution in [2.75, 3.05) is 6.61 Å². The standard InChI is InChI=1S/C11H8ClNO/c12-11-7-9(3-1-2-6-14)4-5-10(11)8-13/h4-5,7,14H,2,6H2. The van der Waals surface area contributed by atoms with Gasteiger partial charge in [0.2, 0.25) is 0 Å². The summed E-state index contributed by atoms with van der Waals surface area (Å²) in [6, 6.07) is 6.97. The Morgan fingerprint density at radius 1 is 1.43 bits per heavy atom. The maximum Gasteiger partial charge on any atom is 0.101 e. The Kier molecular flexibility index (Phi) is 4.01. The Labute approximate surface area is 87.7 Å². The van der Waals surface area contributed by atoms with Gasteiger partial charge < -0.3 is 5.11 Å². The highest BCUT2D eigenvalue weighted by Crippen LogP contribution is 2.16. The molecule has 0 radical (unpaired) electrons. The molecule has 0 aliphatic heterocycles. The molecule has 1 rings (SSSR count). The molecule has 1 aromatic carbocycles. The molecule has 70 valence electrons. The molecule has 2 nitrogen and oxygen atoms in total. The Morgan fingerprint density at radius 2 is 2.21 bits per heavy atom. The molecule has 0 aromatic heterocycles. The molecular weight excluding hydrogens is 198 g/mol. The van der Waals surface area contributed by atoms with Crippen molar-refractivity contribution in [1.82, 2.24) is 0 Å². The molecule has 0 fully saturated rings. The van der Waals surface area contributed by atoms with Crippen molar-refractivity contribution in [3.05, 3.63) is 34.3 Å². The smallest absolute Gasteiger partial charge is 0.101 e. The normalized spacial score (nSPS) is 8.64. The van der Waals surface area contributed by atoms with Crippen molar-refractivity contribution in [3.63, 3.8) is 0 Å². The number of hydrogen-bond donors (Lipinski definition) is 1. The van der Waals surface area contributed by atoms with Crippen LogP contribution in [-0.4, -0.2) is 11.7 Å². The Hall–Kier alpha value is -1.48. The first-order valence-electron chi connectivity index (χ1n) is 4.07. The molecule has 0 saturated carbocycles. The quantitative estimate of drug-likeness (QED) is 0.713. The third kappa shape index (κ3) is 2.78. The van der Waals surface area contributed by atoms with E-state index in [4.69, 9.17) is 22.0 Å². The number of hydrogen-bond acceptors (Lipinski definition) is 2. The predicted molar refractivity (Wildman–Crippen MR) is 54.7 cm³/mol. The zero-order valence-corrected chi connectivity index (χ0v) is 8.17. The lowest BCUT2D eigenvalue weighted by molar-refractivity contribution is 0.305. The highest BCUT2D eigenvalue weighted by atomic mass is 35.5. The molecule has 0 spiro atoms. The first kappa shape index (κ1) is 10.6. The van der Waals surface area contributed by atoms with E-state index in [1.165, 1.54) is 0 Å². The molecule has 3 heteroatoms. The molecule has 14 heavy (non-hydrogen) atoms. The number of aliphatic hydroxyl groups is 1. The molecule has 0 bridgehead atoms. The lowest BCUT2D eigenvalue weighted by Crippen LogP contribution is -1.81. The van der Waals surface area contributed by atoms with Crippen LogP contribution >= 0.6 is 11.6 Å². The monoisotopic (exact) mass is 205 g/mol. The average Bonchev–Trinajstić information content (AvgIpc) is 2.18. The van der Waals surface area contributed by atoms with Crippen LogP contribution in [0.2, 0.25) is 5.02 Å². The number of rotatable bonds is 1.